The zero-order chi connectivity index (χ0) is 14.0. The molecule has 19 heavy (non-hydrogen) atoms. The summed E-state index contributed by atoms with van der Waals surface area (Å²) in [5.41, 5.74) is 5.74. The van der Waals surface area contributed by atoms with Gasteiger partial charge in [-0.05, 0) is 25.0 Å². The molecule has 1 aromatic rings. The van der Waals surface area contributed by atoms with Crippen LogP contribution in [0.2, 0.25) is 10.0 Å². The van der Waals surface area contributed by atoms with Crippen molar-refractivity contribution in [1.82, 2.24) is 4.72 Å². The van der Waals surface area contributed by atoms with Crippen LogP contribution in [0.1, 0.15) is 12.8 Å². The van der Waals surface area contributed by atoms with Crippen molar-refractivity contribution in [1.29, 1.82) is 0 Å². The maximum Gasteiger partial charge on any atom is 0.244 e. The summed E-state index contributed by atoms with van der Waals surface area (Å²) in [6.07, 6.45) is 1.26. The molecule has 1 fully saturated rings. The van der Waals surface area contributed by atoms with E-state index >= 15 is 0 Å². The van der Waals surface area contributed by atoms with Crippen LogP contribution in [-0.2, 0) is 14.8 Å². The first kappa shape index (κ1) is 14.9. The predicted molar refractivity (Wildman–Crippen MR) is 75.0 cm³/mol. The third kappa shape index (κ3) is 3.52. The molecule has 1 aliphatic heterocycles. The van der Waals surface area contributed by atoms with Gasteiger partial charge in [0.15, 0.2) is 0 Å². The van der Waals surface area contributed by atoms with Crippen LogP contribution in [0.15, 0.2) is 17.0 Å². The van der Waals surface area contributed by atoms with E-state index in [1.54, 1.807) is 0 Å². The molecule has 1 saturated heterocycles. The van der Waals surface area contributed by atoms with Crippen molar-refractivity contribution in [3.8, 4) is 0 Å². The lowest BCUT2D eigenvalue weighted by molar-refractivity contribution is 0.0832. The third-order valence-corrected chi connectivity index (χ3v) is 5.11. The minimum Gasteiger partial charge on any atom is -0.398 e. The Morgan fingerprint density at radius 2 is 1.89 bits per heavy atom. The predicted octanol–water partition coefficient (Wildman–Crippen LogP) is 2.03. The van der Waals surface area contributed by atoms with Crippen LogP contribution in [-0.4, -0.2) is 27.7 Å². The number of halogens is 2. The summed E-state index contributed by atoms with van der Waals surface area (Å²) in [6, 6.07) is 2.56. The number of hydrogen-bond donors (Lipinski definition) is 2. The molecule has 0 atom stereocenters. The molecule has 1 aliphatic rings. The smallest absolute Gasteiger partial charge is 0.244 e. The Bertz CT molecular complexity index is 548. The zero-order valence-electron chi connectivity index (χ0n) is 10.0. The fraction of sp³-hybridized carbons (Fsp3) is 0.455. The number of nitrogens with one attached hydrogen (secondary N) is 1. The number of nitrogen functional groups attached to an aromatic ring is 1. The largest absolute Gasteiger partial charge is 0.398 e. The van der Waals surface area contributed by atoms with E-state index in [0.29, 0.717) is 31.1 Å². The lowest BCUT2D eigenvalue weighted by Gasteiger charge is -2.23. The van der Waals surface area contributed by atoms with Gasteiger partial charge in [-0.3, -0.25) is 0 Å². The van der Waals surface area contributed by atoms with E-state index in [2.05, 4.69) is 4.72 Å². The van der Waals surface area contributed by atoms with Crippen LogP contribution in [0.25, 0.3) is 0 Å². The molecule has 1 heterocycles. The highest BCUT2D eigenvalue weighted by atomic mass is 35.5. The highest BCUT2D eigenvalue weighted by Gasteiger charge is 2.26. The quantitative estimate of drug-likeness (QED) is 0.833. The normalized spacial score (nSPS) is 17.6. The lowest BCUT2D eigenvalue weighted by atomic mass is 10.1. The summed E-state index contributed by atoms with van der Waals surface area (Å²) in [5, 5.41) is 0.317. The molecule has 8 heteroatoms. The molecule has 3 N–H and O–H groups in total. The number of benzene rings is 1. The molecule has 2 rings (SSSR count). The van der Waals surface area contributed by atoms with Gasteiger partial charge in [-0.2, -0.15) is 0 Å². The average Bonchev–Trinajstić information content (AvgIpc) is 2.27. The molecular weight excluding hydrogens is 311 g/mol. The summed E-state index contributed by atoms with van der Waals surface area (Å²) in [6.45, 7) is 1.08. The summed E-state index contributed by atoms with van der Waals surface area (Å²) in [4.78, 5) is -0.120. The van der Waals surface area contributed by atoms with Gasteiger partial charge in [-0.25, -0.2) is 13.1 Å². The van der Waals surface area contributed by atoms with Crippen molar-refractivity contribution in [3.63, 3.8) is 0 Å². The van der Waals surface area contributed by atoms with Crippen LogP contribution in [0, 0.1) is 0 Å². The second-order valence-corrected chi connectivity index (χ2v) is 6.81. The maximum atomic E-state index is 12.3. The topological polar surface area (TPSA) is 81.4 Å². The zero-order valence-corrected chi connectivity index (χ0v) is 12.4. The molecule has 1 aromatic carbocycles. The fourth-order valence-electron chi connectivity index (χ4n) is 1.96. The monoisotopic (exact) mass is 324 g/mol. The third-order valence-electron chi connectivity index (χ3n) is 2.85. The van der Waals surface area contributed by atoms with Crippen LogP contribution < -0.4 is 10.5 Å². The first-order valence-corrected chi connectivity index (χ1v) is 7.98. The van der Waals surface area contributed by atoms with Gasteiger partial charge in [0.05, 0.1) is 10.7 Å². The van der Waals surface area contributed by atoms with Crippen molar-refractivity contribution in [2.24, 2.45) is 0 Å². The number of sulfonamides is 1. The molecule has 5 nitrogen and oxygen atoms in total. The molecule has 0 aliphatic carbocycles. The van der Waals surface area contributed by atoms with Crippen molar-refractivity contribution in [3.05, 3.63) is 22.2 Å². The molecule has 0 bridgehead atoms. The summed E-state index contributed by atoms with van der Waals surface area (Å²) >= 11 is 11.7. The molecule has 0 spiro atoms. The standard InChI is InChI=1S/C11H14Cl2N2O3S/c12-7-5-9(13)11(10(14)6-7)19(16,17)15-8-1-3-18-4-2-8/h5-6,8,15H,1-4,14H2. The van der Waals surface area contributed by atoms with Crippen LogP contribution in [0.4, 0.5) is 5.69 Å². The van der Waals surface area contributed by atoms with Crippen molar-refractivity contribution in [2.75, 3.05) is 18.9 Å². The second-order valence-electron chi connectivity index (χ2n) is 4.31. The summed E-state index contributed by atoms with van der Waals surface area (Å²) in [5.74, 6) is 0. The number of anilines is 1. The summed E-state index contributed by atoms with van der Waals surface area (Å²) in [7, 11) is -3.76. The van der Waals surface area contributed by atoms with E-state index in [4.69, 9.17) is 33.7 Å². The molecule has 0 saturated carbocycles. The first-order valence-electron chi connectivity index (χ1n) is 5.75. The second kappa shape index (κ2) is 5.85. The van der Waals surface area contributed by atoms with Crippen LogP contribution in [0.5, 0.6) is 0 Å². The van der Waals surface area contributed by atoms with E-state index in [1.807, 2.05) is 0 Å². The molecule has 0 aromatic heterocycles. The molecule has 0 radical (unpaired) electrons. The Hall–Kier alpha value is -0.530. The maximum absolute atomic E-state index is 12.3. The van der Waals surface area contributed by atoms with Gasteiger partial charge in [0, 0.05) is 24.3 Å². The van der Waals surface area contributed by atoms with E-state index in [0.717, 1.165) is 0 Å². The number of rotatable bonds is 3. The van der Waals surface area contributed by atoms with Gasteiger partial charge in [0.25, 0.3) is 0 Å². The van der Waals surface area contributed by atoms with E-state index in [9.17, 15) is 8.42 Å². The minimum atomic E-state index is -3.76. The number of nitrogens with two attached hydrogens (primary N) is 1. The molecule has 0 unspecified atom stereocenters. The van der Waals surface area contributed by atoms with Gasteiger partial charge in [-0.1, -0.05) is 23.2 Å². The molecular formula is C11H14Cl2N2O3S. The van der Waals surface area contributed by atoms with E-state index in [1.165, 1.54) is 12.1 Å². The Balaban J connectivity index is 2.29. The highest BCUT2D eigenvalue weighted by Crippen LogP contribution is 2.31. The Kier molecular flexibility index (Phi) is 4.58. The Labute approximate surface area is 122 Å². The van der Waals surface area contributed by atoms with E-state index in [-0.39, 0.29) is 21.6 Å². The van der Waals surface area contributed by atoms with Crippen LogP contribution >= 0.6 is 23.2 Å². The summed E-state index contributed by atoms with van der Waals surface area (Å²) < 4.78 is 32.4. The molecule has 106 valence electrons. The van der Waals surface area contributed by atoms with Gasteiger partial charge in [0.1, 0.15) is 4.90 Å². The van der Waals surface area contributed by atoms with Gasteiger partial charge in [0.2, 0.25) is 10.0 Å². The van der Waals surface area contributed by atoms with Gasteiger partial charge < -0.3 is 10.5 Å². The van der Waals surface area contributed by atoms with Crippen LogP contribution in [0.3, 0.4) is 0 Å². The van der Waals surface area contributed by atoms with E-state index < -0.39 is 10.0 Å². The molecule has 0 amide bonds. The van der Waals surface area contributed by atoms with Crippen molar-refractivity contribution < 1.29 is 13.2 Å². The Morgan fingerprint density at radius 3 is 2.47 bits per heavy atom. The first-order chi connectivity index (χ1) is 8.90. The van der Waals surface area contributed by atoms with Gasteiger partial charge in [-0.15, -0.1) is 0 Å². The minimum absolute atomic E-state index is 0.0181. The van der Waals surface area contributed by atoms with Crippen molar-refractivity contribution >= 4 is 38.9 Å². The van der Waals surface area contributed by atoms with Crippen molar-refractivity contribution in [2.45, 2.75) is 23.8 Å². The Morgan fingerprint density at radius 1 is 1.26 bits per heavy atom. The average molecular weight is 325 g/mol. The number of ether oxygens (including phenoxy) is 1. The SMILES string of the molecule is Nc1cc(Cl)cc(Cl)c1S(=O)(=O)NC1CCOCC1. The lowest BCUT2D eigenvalue weighted by Crippen LogP contribution is -2.39. The highest BCUT2D eigenvalue weighted by molar-refractivity contribution is 7.89. The number of hydrogen-bond acceptors (Lipinski definition) is 4. The fourth-order valence-corrected chi connectivity index (χ4v) is 4.25. The van der Waals surface area contributed by atoms with Gasteiger partial charge >= 0.3 is 0 Å².